The normalized spacial score (nSPS) is 10.9. The number of aryl methyl sites for hydroxylation is 1. The predicted molar refractivity (Wildman–Crippen MR) is 75.5 cm³/mol. The van der Waals surface area contributed by atoms with Gasteiger partial charge in [0.1, 0.15) is 12.4 Å². The van der Waals surface area contributed by atoms with Crippen molar-refractivity contribution in [3.8, 4) is 5.75 Å². The number of rotatable bonds is 8. The molecule has 0 aliphatic rings. The topological polar surface area (TPSA) is 30.5 Å². The molecular weight excluding hydrogens is 226 g/mol. The first-order chi connectivity index (χ1) is 8.65. The van der Waals surface area contributed by atoms with Crippen LogP contribution < -0.4 is 10.1 Å². The van der Waals surface area contributed by atoms with Gasteiger partial charge in [0, 0.05) is 20.2 Å². The summed E-state index contributed by atoms with van der Waals surface area (Å²) < 4.78 is 10.7. The molecule has 0 aliphatic carbocycles. The minimum atomic E-state index is 0.536. The average Bonchev–Trinajstić information content (AvgIpc) is 2.35. The molecule has 0 aliphatic heterocycles. The molecule has 0 radical (unpaired) electrons. The Bertz CT molecular complexity index is 350. The van der Waals surface area contributed by atoms with E-state index in [1.54, 1.807) is 7.11 Å². The highest BCUT2D eigenvalue weighted by molar-refractivity contribution is 5.36. The summed E-state index contributed by atoms with van der Waals surface area (Å²) in [4.78, 5) is 0. The Morgan fingerprint density at radius 1 is 1.17 bits per heavy atom. The smallest absolute Gasteiger partial charge is 0.119 e. The Hall–Kier alpha value is -1.06. The molecule has 102 valence electrons. The van der Waals surface area contributed by atoms with Crippen molar-refractivity contribution >= 4 is 0 Å². The van der Waals surface area contributed by atoms with E-state index in [0.717, 1.165) is 25.4 Å². The highest BCUT2D eigenvalue weighted by Gasteiger charge is 2.05. The molecule has 1 aromatic carbocycles. The van der Waals surface area contributed by atoms with Gasteiger partial charge in [-0.1, -0.05) is 19.9 Å². The summed E-state index contributed by atoms with van der Waals surface area (Å²) in [6.07, 6.45) is 0. The van der Waals surface area contributed by atoms with Gasteiger partial charge in [-0.15, -0.1) is 0 Å². The fourth-order valence-electron chi connectivity index (χ4n) is 1.87. The fourth-order valence-corrected chi connectivity index (χ4v) is 1.87. The summed E-state index contributed by atoms with van der Waals surface area (Å²) in [5.74, 6) is 1.49. The highest BCUT2D eigenvalue weighted by atomic mass is 16.5. The summed E-state index contributed by atoms with van der Waals surface area (Å²) in [6.45, 7) is 9.69. The molecule has 1 aromatic rings. The maximum atomic E-state index is 5.73. The zero-order valence-corrected chi connectivity index (χ0v) is 12.0. The van der Waals surface area contributed by atoms with Gasteiger partial charge in [0.2, 0.25) is 0 Å². The Balaban J connectivity index is 2.36. The zero-order valence-electron chi connectivity index (χ0n) is 12.0. The van der Waals surface area contributed by atoms with Gasteiger partial charge in [-0.2, -0.15) is 0 Å². The van der Waals surface area contributed by atoms with Gasteiger partial charge in [0.05, 0.1) is 6.61 Å². The molecule has 0 aromatic heterocycles. The van der Waals surface area contributed by atoms with Crippen LogP contribution in [0.2, 0.25) is 0 Å². The summed E-state index contributed by atoms with van der Waals surface area (Å²) in [6, 6.07) is 6.31. The quantitative estimate of drug-likeness (QED) is 0.721. The van der Waals surface area contributed by atoms with E-state index in [2.05, 4.69) is 38.2 Å². The van der Waals surface area contributed by atoms with Crippen molar-refractivity contribution in [2.45, 2.75) is 26.7 Å². The van der Waals surface area contributed by atoms with Crippen LogP contribution in [0.4, 0.5) is 0 Å². The van der Waals surface area contributed by atoms with E-state index in [1.165, 1.54) is 11.1 Å². The van der Waals surface area contributed by atoms with Crippen molar-refractivity contribution in [2.24, 2.45) is 0 Å². The van der Waals surface area contributed by atoms with Crippen LogP contribution in [0.25, 0.3) is 0 Å². The lowest BCUT2D eigenvalue weighted by Gasteiger charge is -2.13. The molecule has 0 amide bonds. The Morgan fingerprint density at radius 2 is 1.89 bits per heavy atom. The number of hydrogen-bond donors (Lipinski definition) is 1. The van der Waals surface area contributed by atoms with Gasteiger partial charge in [-0.25, -0.2) is 0 Å². The fraction of sp³-hybridized carbons (Fsp3) is 0.600. The van der Waals surface area contributed by atoms with E-state index < -0.39 is 0 Å². The van der Waals surface area contributed by atoms with E-state index >= 15 is 0 Å². The molecule has 0 saturated heterocycles. The van der Waals surface area contributed by atoms with Crippen molar-refractivity contribution in [2.75, 3.05) is 33.4 Å². The van der Waals surface area contributed by atoms with Crippen molar-refractivity contribution in [3.63, 3.8) is 0 Å². The minimum absolute atomic E-state index is 0.536. The first-order valence-electron chi connectivity index (χ1n) is 6.58. The van der Waals surface area contributed by atoms with Crippen LogP contribution in [0.15, 0.2) is 18.2 Å². The van der Waals surface area contributed by atoms with E-state index in [0.29, 0.717) is 12.5 Å². The number of nitrogens with one attached hydrogen (secondary N) is 1. The minimum Gasteiger partial charge on any atom is -0.492 e. The molecule has 18 heavy (non-hydrogen) atoms. The van der Waals surface area contributed by atoms with Crippen molar-refractivity contribution in [3.05, 3.63) is 29.3 Å². The predicted octanol–water partition coefficient (Wildman–Crippen LogP) is 2.73. The van der Waals surface area contributed by atoms with Crippen molar-refractivity contribution in [1.29, 1.82) is 0 Å². The monoisotopic (exact) mass is 251 g/mol. The van der Waals surface area contributed by atoms with Crippen LogP contribution in [0.3, 0.4) is 0 Å². The van der Waals surface area contributed by atoms with Gasteiger partial charge < -0.3 is 14.8 Å². The second-order valence-corrected chi connectivity index (χ2v) is 4.76. The largest absolute Gasteiger partial charge is 0.492 e. The lowest BCUT2D eigenvalue weighted by molar-refractivity contribution is 0.197. The van der Waals surface area contributed by atoms with Gasteiger partial charge >= 0.3 is 0 Å². The third kappa shape index (κ3) is 5.07. The number of methoxy groups -OCH3 is 1. The lowest BCUT2D eigenvalue weighted by Crippen LogP contribution is -2.24. The van der Waals surface area contributed by atoms with Crippen molar-refractivity contribution < 1.29 is 9.47 Å². The maximum Gasteiger partial charge on any atom is 0.119 e. The highest BCUT2D eigenvalue weighted by Crippen LogP contribution is 2.23. The van der Waals surface area contributed by atoms with E-state index in [1.807, 2.05) is 6.07 Å². The van der Waals surface area contributed by atoms with Gasteiger partial charge in [0.25, 0.3) is 0 Å². The molecule has 0 bridgehead atoms. The van der Waals surface area contributed by atoms with Crippen molar-refractivity contribution in [1.82, 2.24) is 5.32 Å². The average molecular weight is 251 g/mol. The Kier molecular flexibility index (Phi) is 6.76. The molecule has 1 N–H and O–H groups in total. The van der Waals surface area contributed by atoms with Crippen LogP contribution in [-0.2, 0) is 4.74 Å². The maximum absolute atomic E-state index is 5.73. The Labute approximate surface area is 110 Å². The molecule has 3 nitrogen and oxygen atoms in total. The van der Waals surface area contributed by atoms with Crippen LogP contribution in [0.5, 0.6) is 5.75 Å². The molecular formula is C15H25NO2. The summed E-state index contributed by atoms with van der Waals surface area (Å²) in [5, 5.41) is 3.26. The summed E-state index contributed by atoms with van der Waals surface area (Å²) >= 11 is 0. The standard InChI is InChI=1S/C15H25NO2/c1-12(2)15-11-14(6-5-13(15)3)18-10-8-16-7-9-17-4/h5-6,11-12,16H,7-10H2,1-4H3. The van der Waals surface area contributed by atoms with Gasteiger partial charge in [0.15, 0.2) is 0 Å². The lowest BCUT2D eigenvalue weighted by atomic mass is 9.98. The molecule has 0 heterocycles. The third-order valence-electron chi connectivity index (χ3n) is 2.90. The number of benzene rings is 1. The molecule has 1 rings (SSSR count). The van der Waals surface area contributed by atoms with E-state index in [-0.39, 0.29) is 0 Å². The van der Waals surface area contributed by atoms with Crippen LogP contribution >= 0.6 is 0 Å². The first-order valence-corrected chi connectivity index (χ1v) is 6.58. The molecule has 0 saturated carbocycles. The van der Waals surface area contributed by atoms with E-state index in [4.69, 9.17) is 9.47 Å². The molecule has 0 fully saturated rings. The first kappa shape index (κ1) is 15.0. The van der Waals surface area contributed by atoms with Crippen LogP contribution in [0.1, 0.15) is 30.9 Å². The van der Waals surface area contributed by atoms with Crippen LogP contribution in [-0.4, -0.2) is 33.4 Å². The number of ether oxygens (including phenoxy) is 2. The molecule has 0 unspecified atom stereocenters. The summed E-state index contributed by atoms with van der Waals surface area (Å²) in [7, 11) is 1.71. The molecule has 3 heteroatoms. The van der Waals surface area contributed by atoms with Crippen LogP contribution in [0, 0.1) is 6.92 Å². The number of hydrogen-bond acceptors (Lipinski definition) is 3. The second-order valence-electron chi connectivity index (χ2n) is 4.76. The third-order valence-corrected chi connectivity index (χ3v) is 2.90. The Morgan fingerprint density at radius 3 is 2.56 bits per heavy atom. The van der Waals surface area contributed by atoms with E-state index in [9.17, 15) is 0 Å². The van der Waals surface area contributed by atoms with Gasteiger partial charge in [-0.3, -0.25) is 0 Å². The van der Waals surface area contributed by atoms with Gasteiger partial charge in [-0.05, 0) is 36.1 Å². The molecule has 0 spiro atoms. The second kappa shape index (κ2) is 8.11. The zero-order chi connectivity index (χ0) is 13.4. The molecule has 0 atom stereocenters. The SMILES string of the molecule is COCCNCCOc1ccc(C)c(C(C)C)c1. The summed E-state index contributed by atoms with van der Waals surface area (Å²) in [5.41, 5.74) is 2.69.